The average Bonchev–Trinajstić information content (AvgIpc) is 2.13. The highest BCUT2D eigenvalue weighted by atomic mass is 17.1. The highest BCUT2D eigenvalue weighted by molar-refractivity contribution is 5.91. The van der Waals surface area contributed by atoms with Crippen LogP contribution in [0.1, 0.15) is 27.0 Å². The van der Waals surface area contributed by atoms with Gasteiger partial charge in [0.25, 0.3) is 0 Å². The quantitative estimate of drug-likeness (QED) is 0.532. The van der Waals surface area contributed by atoms with E-state index in [9.17, 15) is 4.79 Å². The van der Waals surface area contributed by atoms with Crippen molar-refractivity contribution in [1.29, 1.82) is 0 Å². The Labute approximate surface area is 76.9 Å². The Morgan fingerprint density at radius 2 is 1.85 bits per heavy atom. The first kappa shape index (κ1) is 9.74. The SMILES string of the molecule is Cc1ccc(C(=O)OO)c(C)c1C. The summed E-state index contributed by atoms with van der Waals surface area (Å²) in [5, 5.41) is 8.22. The fraction of sp³-hybridized carbons (Fsp3) is 0.300. The third-order valence-electron chi connectivity index (χ3n) is 2.36. The normalized spacial score (nSPS) is 9.85. The molecule has 0 bridgehead atoms. The van der Waals surface area contributed by atoms with E-state index in [0.717, 1.165) is 16.7 Å². The van der Waals surface area contributed by atoms with Crippen molar-refractivity contribution in [3.05, 3.63) is 34.4 Å². The van der Waals surface area contributed by atoms with Gasteiger partial charge in [-0.3, -0.25) is 4.89 Å². The lowest BCUT2D eigenvalue weighted by Gasteiger charge is -2.07. The molecule has 0 unspecified atom stereocenters. The number of hydrogen-bond donors (Lipinski definition) is 1. The molecular formula is C10H12O3. The topological polar surface area (TPSA) is 46.5 Å². The van der Waals surface area contributed by atoms with E-state index in [2.05, 4.69) is 4.89 Å². The molecule has 0 amide bonds. The molecule has 0 saturated carbocycles. The summed E-state index contributed by atoms with van der Waals surface area (Å²) in [6.45, 7) is 5.73. The molecule has 0 heterocycles. The highest BCUT2D eigenvalue weighted by Gasteiger charge is 2.12. The van der Waals surface area contributed by atoms with Gasteiger partial charge in [0.15, 0.2) is 0 Å². The molecule has 1 aromatic rings. The first-order valence-corrected chi connectivity index (χ1v) is 4.00. The molecule has 1 N–H and O–H groups in total. The first-order valence-electron chi connectivity index (χ1n) is 4.00. The summed E-state index contributed by atoms with van der Waals surface area (Å²) < 4.78 is 0. The monoisotopic (exact) mass is 180 g/mol. The molecule has 0 aromatic heterocycles. The molecule has 0 spiro atoms. The standard InChI is InChI=1S/C10H12O3/c1-6-4-5-9(10(11)13-12)8(3)7(6)2/h4-5,12H,1-3H3. The van der Waals surface area contributed by atoms with Gasteiger partial charge in [0, 0.05) is 0 Å². The summed E-state index contributed by atoms with van der Waals surface area (Å²) in [4.78, 5) is 14.7. The van der Waals surface area contributed by atoms with E-state index in [1.54, 1.807) is 6.07 Å². The van der Waals surface area contributed by atoms with E-state index >= 15 is 0 Å². The Balaban J connectivity index is 3.26. The van der Waals surface area contributed by atoms with Crippen molar-refractivity contribution in [3.63, 3.8) is 0 Å². The molecule has 3 nitrogen and oxygen atoms in total. The van der Waals surface area contributed by atoms with Gasteiger partial charge in [-0.1, -0.05) is 6.07 Å². The van der Waals surface area contributed by atoms with Crippen molar-refractivity contribution in [2.75, 3.05) is 0 Å². The van der Waals surface area contributed by atoms with Crippen LogP contribution >= 0.6 is 0 Å². The molecule has 1 rings (SSSR count). The second kappa shape index (κ2) is 3.58. The maximum absolute atomic E-state index is 11.0. The second-order valence-electron chi connectivity index (χ2n) is 3.06. The van der Waals surface area contributed by atoms with E-state index in [1.165, 1.54) is 0 Å². The van der Waals surface area contributed by atoms with E-state index in [4.69, 9.17) is 5.26 Å². The maximum Gasteiger partial charge on any atom is 0.373 e. The van der Waals surface area contributed by atoms with Crippen LogP contribution in [0.25, 0.3) is 0 Å². The van der Waals surface area contributed by atoms with Crippen LogP contribution < -0.4 is 0 Å². The minimum Gasteiger partial charge on any atom is -0.295 e. The lowest BCUT2D eigenvalue weighted by molar-refractivity contribution is -0.182. The van der Waals surface area contributed by atoms with Gasteiger partial charge in [-0.05, 0) is 43.5 Å². The number of aryl methyl sites for hydroxylation is 1. The molecule has 0 saturated heterocycles. The number of rotatable bonds is 1. The van der Waals surface area contributed by atoms with Gasteiger partial charge in [-0.25, -0.2) is 4.79 Å². The number of hydrogen-bond acceptors (Lipinski definition) is 3. The molecule has 0 atom stereocenters. The van der Waals surface area contributed by atoms with Crippen molar-refractivity contribution < 1.29 is 14.9 Å². The zero-order valence-corrected chi connectivity index (χ0v) is 7.92. The number of carbonyl (C=O) groups is 1. The Hall–Kier alpha value is -1.35. The van der Waals surface area contributed by atoms with Crippen molar-refractivity contribution in [3.8, 4) is 0 Å². The van der Waals surface area contributed by atoms with Crippen molar-refractivity contribution in [2.45, 2.75) is 20.8 Å². The molecule has 0 aliphatic rings. The molecule has 3 heteroatoms. The third kappa shape index (κ3) is 1.70. The molecule has 0 fully saturated rings. The number of carbonyl (C=O) groups excluding carboxylic acids is 1. The van der Waals surface area contributed by atoms with Gasteiger partial charge in [0.05, 0.1) is 5.56 Å². The zero-order chi connectivity index (χ0) is 10.0. The van der Waals surface area contributed by atoms with E-state index in [1.807, 2.05) is 26.8 Å². The van der Waals surface area contributed by atoms with Crippen LogP contribution in [0.5, 0.6) is 0 Å². The third-order valence-corrected chi connectivity index (χ3v) is 2.36. The largest absolute Gasteiger partial charge is 0.373 e. The summed E-state index contributed by atoms with van der Waals surface area (Å²) in [5.74, 6) is -0.708. The number of benzene rings is 1. The predicted molar refractivity (Wildman–Crippen MR) is 48.7 cm³/mol. The van der Waals surface area contributed by atoms with Gasteiger partial charge in [-0.15, -0.1) is 0 Å². The summed E-state index contributed by atoms with van der Waals surface area (Å²) in [5.41, 5.74) is 3.42. The Morgan fingerprint density at radius 3 is 2.38 bits per heavy atom. The van der Waals surface area contributed by atoms with Crippen molar-refractivity contribution >= 4 is 5.97 Å². The van der Waals surface area contributed by atoms with Gasteiger partial charge in [-0.2, -0.15) is 5.26 Å². The minimum atomic E-state index is -0.708. The van der Waals surface area contributed by atoms with Crippen molar-refractivity contribution in [1.82, 2.24) is 0 Å². The Kier molecular flexibility index (Phi) is 2.68. The van der Waals surface area contributed by atoms with E-state index in [0.29, 0.717) is 5.56 Å². The Morgan fingerprint density at radius 1 is 1.23 bits per heavy atom. The first-order chi connectivity index (χ1) is 6.07. The Bertz CT molecular complexity index is 342. The van der Waals surface area contributed by atoms with Gasteiger partial charge in [0.2, 0.25) is 0 Å². The minimum absolute atomic E-state index is 0.408. The van der Waals surface area contributed by atoms with Crippen LogP contribution in [-0.4, -0.2) is 11.2 Å². The maximum atomic E-state index is 11.0. The van der Waals surface area contributed by atoms with Crippen LogP contribution in [0, 0.1) is 20.8 Å². The van der Waals surface area contributed by atoms with Crippen LogP contribution in [-0.2, 0) is 4.89 Å². The summed E-state index contributed by atoms with van der Waals surface area (Å²) in [6, 6.07) is 3.48. The fourth-order valence-corrected chi connectivity index (χ4v) is 1.23. The van der Waals surface area contributed by atoms with E-state index < -0.39 is 5.97 Å². The van der Waals surface area contributed by atoms with Gasteiger partial charge >= 0.3 is 5.97 Å². The highest BCUT2D eigenvalue weighted by Crippen LogP contribution is 2.17. The van der Waals surface area contributed by atoms with Crippen LogP contribution in [0.2, 0.25) is 0 Å². The fourth-order valence-electron chi connectivity index (χ4n) is 1.23. The summed E-state index contributed by atoms with van der Waals surface area (Å²) in [6.07, 6.45) is 0. The van der Waals surface area contributed by atoms with Gasteiger partial charge < -0.3 is 0 Å². The molecular weight excluding hydrogens is 168 g/mol. The predicted octanol–water partition coefficient (Wildman–Crippen LogP) is 2.24. The summed E-state index contributed by atoms with van der Waals surface area (Å²) >= 11 is 0. The van der Waals surface area contributed by atoms with Crippen molar-refractivity contribution in [2.24, 2.45) is 0 Å². The lowest BCUT2D eigenvalue weighted by Crippen LogP contribution is -2.05. The summed E-state index contributed by atoms with van der Waals surface area (Å²) in [7, 11) is 0. The molecule has 0 radical (unpaired) electrons. The van der Waals surface area contributed by atoms with Crippen LogP contribution in [0.3, 0.4) is 0 Å². The van der Waals surface area contributed by atoms with Crippen LogP contribution in [0.15, 0.2) is 12.1 Å². The lowest BCUT2D eigenvalue weighted by atomic mass is 9.99. The van der Waals surface area contributed by atoms with Gasteiger partial charge in [0.1, 0.15) is 0 Å². The smallest absolute Gasteiger partial charge is 0.295 e. The average molecular weight is 180 g/mol. The molecule has 0 aliphatic carbocycles. The molecule has 13 heavy (non-hydrogen) atoms. The van der Waals surface area contributed by atoms with E-state index in [-0.39, 0.29) is 0 Å². The molecule has 70 valence electrons. The molecule has 1 aromatic carbocycles. The van der Waals surface area contributed by atoms with Crippen LogP contribution in [0.4, 0.5) is 0 Å². The zero-order valence-electron chi connectivity index (χ0n) is 7.92. The second-order valence-corrected chi connectivity index (χ2v) is 3.06. The molecule has 0 aliphatic heterocycles.